The Balaban J connectivity index is 1.52. The Labute approximate surface area is 205 Å². The molecule has 0 radical (unpaired) electrons. The van der Waals surface area contributed by atoms with E-state index in [0.717, 1.165) is 5.39 Å². The molecule has 2 N–H and O–H groups in total. The number of nitrogens with two attached hydrogens (primary N) is 1. The fourth-order valence-corrected chi connectivity index (χ4v) is 4.70. The summed E-state index contributed by atoms with van der Waals surface area (Å²) in [6.45, 7) is 2.83. The topological polar surface area (TPSA) is 90.8 Å². The van der Waals surface area contributed by atoms with Gasteiger partial charge in [0.25, 0.3) is 0 Å². The van der Waals surface area contributed by atoms with Crippen molar-refractivity contribution in [2.75, 3.05) is 26.8 Å². The second-order valence-corrected chi connectivity index (χ2v) is 9.14. The highest BCUT2D eigenvalue weighted by Gasteiger charge is 2.46. The monoisotopic (exact) mass is 500 g/mol. The van der Waals surface area contributed by atoms with Crippen LogP contribution in [0.1, 0.15) is 24.9 Å². The third kappa shape index (κ3) is 4.86. The summed E-state index contributed by atoms with van der Waals surface area (Å²) in [5.41, 5.74) is 7.59. The van der Waals surface area contributed by atoms with Crippen molar-refractivity contribution < 1.29 is 22.6 Å². The van der Waals surface area contributed by atoms with Crippen molar-refractivity contribution in [3.8, 4) is 17.3 Å². The highest BCUT2D eigenvalue weighted by atomic mass is 19.4. The van der Waals surface area contributed by atoms with Crippen molar-refractivity contribution in [1.29, 1.82) is 0 Å². The van der Waals surface area contributed by atoms with E-state index in [1.165, 1.54) is 17.2 Å². The number of alkyl halides is 3. The Kier molecular flexibility index (Phi) is 6.54. The minimum Gasteiger partial charge on any atom is -0.488 e. The third-order valence-corrected chi connectivity index (χ3v) is 6.30. The van der Waals surface area contributed by atoms with Gasteiger partial charge in [0, 0.05) is 43.9 Å². The number of methoxy groups -OCH3 is 1. The van der Waals surface area contributed by atoms with E-state index >= 15 is 0 Å². The summed E-state index contributed by atoms with van der Waals surface area (Å²) in [4.78, 5) is 6.09. The van der Waals surface area contributed by atoms with Gasteiger partial charge in [-0.05, 0) is 43.2 Å². The van der Waals surface area contributed by atoms with E-state index in [0.29, 0.717) is 41.5 Å². The van der Waals surface area contributed by atoms with Gasteiger partial charge in [-0.3, -0.25) is 9.30 Å². The second-order valence-electron chi connectivity index (χ2n) is 9.14. The number of fused-ring (bicyclic) bond motifs is 2. The van der Waals surface area contributed by atoms with Gasteiger partial charge in [-0.2, -0.15) is 13.2 Å². The van der Waals surface area contributed by atoms with Gasteiger partial charge >= 0.3 is 6.18 Å². The fraction of sp³-hybridized carbons (Fsp3) is 0.400. The van der Waals surface area contributed by atoms with Gasteiger partial charge < -0.3 is 15.2 Å². The summed E-state index contributed by atoms with van der Waals surface area (Å²) in [6.07, 6.45) is -2.61. The maximum atomic E-state index is 14.1. The van der Waals surface area contributed by atoms with Gasteiger partial charge in [0.1, 0.15) is 23.6 Å². The van der Waals surface area contributed by atoms with Crippen molar-refractivity contribution in [2.45, 2.75) is 37.7 Å². The van der Waals surface area contributed by atoms with E-state index in [9.17, 15) is 13.2 Å². The van der Waals surface area contributed by atoms with E-state index in [4.69, 9.17) is 20.2 Å². The number of likely N-dealkylation sites (tertiary alicyclic amines) is 1. The van der Waals surface area contributed by atoms with E-state index in [2.05, 4.69) is 10.2 Å². The highest BCUT2D eigenvalue weighted by Crippen LogP contribution is 2.39. The predicted octanol–water partition coefficient (Wildman–Crippen LogP) is 3.99. The molecule has 0 saturated carbocycles. The molecule has 1 aromatic carbocycles. The molecule has 0 amide bonds. The van der Waals surface area contributed by atoms with Crippen LogP contribution in [-0.4, -0.2) is 69.6 Å². The van der Waals surface area contributed by atoms with Crippen LogP contribution in [-0.2, 0) is 4.74 Å². The van der Waals surface area contributed by atoms with Gasteiger partial charge in [0.2, 0.25) is 0 Å². The van der Waals surface area contributed by atoms with E-state index < -0.39 is 12.2 Å². The molecule has 3 atom stereocenters. The van der Waals surface area contributed by atoms with Crippen LogP contribution in [0.5, 0.6) is 5.75 Å². The molecule has 1 fully saturated rings. The lowest BCUT2D eigenvalue weighted by Crippen LogP contribution is -2.38. The molecule has 3 aromatic heterocycles. The predicted molar refractivity (Wildman–Crippen MR) is 129 cm³/mol. The first-order valence-electron chi connectivity index (χ1n) is 11.7. The Morgan fingerprint density at radius 3 is 2.67 bits per heavy atom. The minimum absolute atomic E-state index is 0.105. The van der Waals surface area contributed by atoms with Gasteiger partial charge in [-0.1, -0.05) is 12.1 Å². The lowest BCUT2D eigenvalue weighted by molar-refractivity contribution is -0.183. The average molecular weight is 501 g/mol. The Morgan fingerprint density at radius 2 is 1.94 bits per heavy atom. The van der Waals surface area contributed by atoms with Crippen molar-refractivity contribution >= 4 is 16.6 Å². The van der Waals surface area contributed by atoms with Crippen molar-refractivity contribution in [1.82, 2.24) is 24.5 Å². The first kappa shape index (κ1) is 24.4. The Bertz CT molecular complexity index is 1380. The number of ether oxygens (including phenoxy) is 2. The lowest BCUT2D eigenvalue weighted by atomic mass is 10.1. The van der Waals surface area contributed by atoms with Gasteiger partial charge in [0.05, 0.1) is 12.1 Å². The number of rotatable bonds is 7. The highest BCUT2D eigenvalue weighted by molar-refractivity contribution is 5.82. The number of aromatic nitrogens is 4. The summed E-state index contributed by atoms with van der Waals surface area (Å²) in [5, 5.41) is 9.26. The number of hydrogen-bond acceptors (Lipinski definition) is 7. The van der Waals surface area contributed by atoms with Gasteiger partial charge in [-0.25, -0.2) is 4.98 Å². The van der Waals surface area contributed by atoms with Crippen molar-refractivity contribution in [3.63, 3.8) is 0 Å². The number of benzene rings is 1. The number of hydrogen-bond donors (Lipinski definition) is 1. The SMILES string of the molecule is COC[C@H](C)Oc1ccc2ccc(-c3nnc4ccc([C@@H](N5CC[C@H](N)C5)C(F)(F)F)cn34)nc2c1. The molecule has 4 aromatic rings. The largest absolute Gasteiger partial charge is 0.488 e. The molecular weight excluding hydrogens is 473 g/mol. The van der Waals surface area contributed by atoms with Gasteiger partial charge in [0.15, 0.2) is 11.5 Å². The zero-order chi connectivity index (χ0) is 25.4. The molecule has 1 saturated heterocycles. The van der Waals surface area contributed by atoms with Crippen LogP contribution in [0.15, 0.2) is 48.7 Å². The maximum absolute atomic E-state index is 14.1. The molecule has 4 heterocycles. The first-order chi connectivity index (χ1) is 17.2. The van der Waals surface area contributed by atoms with Crippen LogP contribution in [0.25, 0.3) is 28.1 Å². The van der Waals surface area contributed by atoms with Crippen LogP contribution in [0.2, 0.25) is 0 Å². The minimum atomic E-state index is -4.45. The molecule has 0 aliphatic carbocycles. The smallest absolute Gasteiger partial charge is 0.408 e. The second kappa shape index (κ2) is 9.64. The summed E-state index contributed by atoms with van der Waals surface area (Å²) in [5.74, 6) is 0.994. The van der Waals surface area contributed by atoms with Crippen LogP contribution in [0, 0.1) is 0 Å². The third-order valence-electron chi connectivity index (χ3n) is 6.30. The zero-order valence-electron chi connectivity index (χ0n) is 19.9. The molecular formula is C25H27F3N6O2. The standard InChI is InChI=1S/C25H27F3N6O2/c1-15(14-35-2)36-19-6-3-16-4-7-20(30-21(16)11-19)24-32-31-22-8-5-17(12-34(22)24)23(25(26,27)28)33-10-9-18(29)13-33/h3-8,11-12,15,18,23H,9-10,13-14,29H2,1-2H3/t15-,18-,23+/m0/s1. The normalized spacial score (nSPS) is 18.7. The Morgan fingerprint density at radius 1 is 1.14 bits per heavy atom. The quantitative estimate of drug-likeness (QED) is 0.410. The molecule has 1 aliphatic heterocycles. The molecule has 190 valence electrons. The lowest BCUT2D eigenvalue weighted by Gasteiger charge is -2.30. The molecule has 1 aliphatic rings. The summed E-state index contributed by atoms with van der Waals surface area (Å²) in [7, 11) is 1.61. The first-order valence-corrected chi connectivity index (χ1v) is 11.7. The van der Waals surface area contributed by atoms with Crippen LogP contribution in [0.4, 0.5) is 13.2 Å². The maximum Gasteiger partial charge on any atom is 0.408 e. The summed E-state index contributed by atoms with van der Waals surface area (Å²) >= 11 is 0. The summed E-state index contributed by atoms with van der Waals surface area (Å²) in [6, 6.07) is 10.2. The zero-order valence-corrected chi connectivity index (χ0v) is 19.9. The van der Waals surface area contributed by atoms with Crippen LogP contribution >= 0.6 is 0 Å². The molecule has 36 heavy (non-hydrogen) atoms. The fourth-order valence-electron chi connectivity index (χ4n) is 4.70. The molecule has 8 nitrogen and oxygen atoms in total. The molecule has 11 heteroatoms. The van der Waals surface area contributed by atoms with Crippen molar-refractivity contribution in [3.05, 3.63) is 54.2 Å². The van der Waals surface area contributed by atoms with Gasteiger partial charge in [-0.15, -0.1) is 10.2 Å². The van der Waals surface area contributed by atoms with Crippen LogP contribution in [0.3, 0.4) is 0 Å². The molecule has 5 rings (SSSR count). The average Bonchev–Trinajstić information content (AvgIpc) is 3.44. The van der Waals surface area contributed by atoms with E-state index in [-0.39, 0.29) is 30.8 Å². The summed E-state index contributed by atoms with van der Waals surface area (Å²) < 4.78 is 54.9. The molecule has 0 bridgehead atoms. The number of pyridine rings is 2. The van der Waals surface area contributed by atoms with Crippen molar-refractivity contribution in [2.24, 2.45) is 5.73 Å². The van der Waals surface area contributed by atoms with E-state index in [1.807, 2.05) is 31.2 Å². The number of halogens is 3. The molecule has 0 unspecified atom stereocenters. The Hall–Kier alpha value is -3.28. The number of nitrogens with zero attached hydrogens (tertiary/aromatic N) is 5. The van der Waals surface area contributed by atoms with Crippen LogP contribution < -0.4 is 10.5 Å². The molecule has 0 spiro atoms. The van der Waals surface area contributed by atoms with E-state index in [1.54, 1.807) is 23.6 Å².